The third kappa shape index (κ3) is 6.01. The van der Waals surface area contributed by atoms with Gasteiger partial charge in [-0.25, -0.2) is 0 Å². The van der Waals surface area contributed by atoms with Crippen molar-refractivity contribution in [1.29, 1.82) is 0 Å². The molecule has 0 spiro atoms. The molecule has 25 heavy (non-hydrogen) atoms. The average Bonchev–Trinajstić information content (AvgIpc) is 2.49. The molecule has 0 aromatic rings. The molecule has 0 aliphatic carbocycles. The Labute approximate surface area is 145 Å². The second-order valence-corrected chi connectivity index (χ2v) is 7.03. The molecule has 1 aliphatic rings. The number of rotatable bonds is 10. The van der Waals surface area contributed by atoms with Gasteiger partial charge in [-0.15, -0.1) is 4.28 Å². The Morgan fingerprint density at radius 3 is 2.48 bits per heavy atom. The maximum atomic E-state index is 12.2. The lowest BCUT2D eigenvalue weighted by Crippen LogP contribution is -2.75. The zero-order valence-electron chi connectivity index (χ0n) is 14.2. The van der Waals surface area contributed by atoms with Gasteiger partial charge < -0.3 is 15.8 Å². The largest absolute Gasteiger partial charge is 0.418 e. The van der Waals surface area contributed by atoms with Crippen molar-refractivity contribution in [2.75, 3.05) is 13.7 Å². The van der Waals surface area contributed by atoms with Gasteiger partial charge in [0, 0.05) is 31.9 Å². The van der Waals surface area contributed by atoms with E-state index in [1.54, 1.807) is 6.92 Å². The van der Waals surface area contributed by atoms with Crippen molar-refractivity contribution < 1.29 is 36.4 Å². The third-order valence-corrected chi connectivity index (χ3v) is 4.02. The SMILES string of the molecule is CO[C@]1(NC(=O)[C@@H](C)CC(=O)CC[C@H](C)N)CN(OS(=O)(=O)O)C1=O. The Bertz CT molecular complexity index is 635. The number of nitrogens with two attached hydrogens (primary N) is 1. The predicted molar refractivity (Wildman–Crippen MR) is 83.9 cm³/mol. The molecule has 1 aliphatic heterocycles. The molecular weight excluding hydrogens is 358 g/mol. The number of nitrogens with zero attached hydrogens (tertiary/aromatic N) is 1. The fourth-order valence-electron chi connectivity index (χ4n) is 2.17. The van der Waals surface area contributed by atoms with Gasteiger partial charge in [0.2, 0.25) is 11.6 Å². The standard InChI is InChI=1S/C13H23N3O8S/c1-8(6-10(17)5-4-9(2)14)11(18)15-13(23-3)7-16(12(13)19)24-25(20,21)22/h8-9H,4-7,14H2,1-3H3,(H,15,18)(H,20,21,22)/t8-,9-,13+/m0/s1. The van der Waals surface area contributed by atoms with Crippen LogP contribution in [0.15, 0.2) is 0 Å². The van der Waals surface area contributed by atoms with Crippen LogP contribution in [0.3, 0.4) is 0 Å². The molecule has 0 unspecified atom stereocenters. The van der Waals surface area contributed by atoms with Crippen LogP contribution < -0.4 is 11.1 Å². The highest BCUT2D eigenvalue weighted by molar-refractivity contribution is 7.80. The van der Waals surface area contributed by atoms with E-state index in [4.69, 9.17) is 15.0 Å². The minimum atomic E-state index is -4.87. The van der Waals surface area contributed by atoms with Gasteiger partial charge in [-0.3, -0.25) is 18.9 Å². The Balaban J connectivity index is 2.59. The van der Waals surface area contributed by atoms with E-state index < -0.39 is 40.4 Å². The number of Topliss-reactive ketones (excluding diaryl/α,β-unsaturated/α-hetero) is 1. The van der Waals surface area contributed by atoms with Gasteiger partial charge in [-0.2, -0.15) is 13.5 Å². The molecule has 2 amide bonds. The Morgan fingerprint density at radius 1 is 1.44 bits per heavy atom. The number of hydrogen-bond acceptors (Lipinski definition) is 8. The molecule has 11 nitrogen and oxygen atoms in total. The number of nitrogens with one attached hydrogen (secondary N) is 1. The molecule has 1 rings (SSSR count). The normalized spacial score (nSPS) is 22.9. The summed E-state index contributed by atoms with van der Waals surface area (Å²) in [7, 11) is -3.73. The maximum Gasteiger partial charge on any atom is 0.418 e. The Hall–Kier alpha value is -1.60. The number of ketones is 1. The molecule has 0 saturated carbocycles. The summed E-state index contributed by atoms with van der Waals surface area (Å²) in [5.74, 6) is -2.48. The summed E-state index contributed by atoms with van der Waals surface area (Å²) in [6.07, 6.45) is 0.729. The van der Waals surface area contributed by atoms with Crippen LogP contribution in [0.2, 0.25) is 0 Å². The number of hydroxylamine groups is 2. The van der Waals surface area contributed by atoms with Crippen molar-refractivity contribution >= 4 is 28.0 Å². The van der Waals surface area contributed by atoms with Crippen LogP contribution in [0, 0.1) is 5.92 Å². The molecule has 0 bridgehead atoms. The van der Waals surface area contributed by atoms with Gasteiger partial charge >= 0.3 is 16.3 Å². The molecule has 0 aromatic heterocycles. The van der Waals surface area contributed by atoms with Crippen LogP contribution in [-0.4, -0.2) is 61.1 Å². The summed E-state index contributed by atoms with van der Waals surface area (Å²) in [6.45, 7) is 2.84. The second kappa shape index (κ2) is 8.19. The number of amides is 2. The molecule has 0 aromatic carbocycles. The first kappa shape index (κ1) is 21.4. The zero-order valence-corrected chi connectivity index (χ0v) is 15.0. The summed E-state index contributed by atoms with van der Waals surface area (Å²) in [5.41, 5.74) is 3.77. The molecule has 1 fully saturated rings. The number of methoxy groups -OCH3 is 1. The molecule has 0 radical (unpaired) electrons. The molecule has 144 valence electrons. The number of ether oxygens (including phenoxy) is 1. The van der Waals surface area contributed by atoms with Crippen molar-refractivity contribution in [2.45, 2.75) is 44.9 Å². The van der Waals surface area contributed by atoms with Crippen LogP contribution in [0.4, 0.5) is 0 Å². The van der Waals surface area contributed by atoms with Crippen molar-refractivity contribution in [1.82, 2.24) is 10.4 Å². The highest BCUT2D eigenvalue weighted by Crippen LogP contribution is 2.25. The zero-order chi connectivity index (χ0) is 19.4. The topological polar surface area (TPSA) is 165 Å². The van der Waals surface area contributed by atoms with Crippen LogP contribution in [-0.2, 0) is 33.8 Å². The first-order valence-corrected chi connectivity index (χ1v) is 8.90. The summed E-state index contributed by atoms with van der Waals surface area (Å²) >= 11 is 0. The summed E-state index contributed by atoms with van der Waals surface area (Å²) < 4.78 is 38.7. The fourth-order valence-corrected chi connectivity index (χ4v) is 2.52. The van der Waals surface area contributed by atoms with E-state index >= 15 is 0 Å². The fraction of sp³-hybridized carbons (Fsp3) is 0.769. The van der Waals surface area contributed by atoms with Gasteiger partial charge in [-0.1, -0.05) is 6.92 Å². The van der Waals surface area contributed by atoms with Gasteiger partial charge in [0.1, 0.15) is 12.3 Å². The molecular formula is C13H23N3O8S. The van der Waals surface area contributed by atoms with E-state index in [9.17, 15) is 22.8 Å². The number of β-lactam (4-membered cyclic amide) rings is 1. The summed E-state index contributed by atoms with van der Waals surface area (Å²) in [6, 6.07) is -0.119. The molecule has 12 heteroatoms. The van der Waals surface area contributed by atoms with E-state index in [1.165, 1.54) is 6.92 Å². The number of carbonyl (C=O) groups is 3. The summed E-state index contributed by atoms with van der Waals surface area (Å²) in [4.78, 5) is 35.9. The van der Waals surface area contributed by atoms with E-state index in [0.29, 0.717) is 11.5 Å². The van der Waals surface area contributed by atoms with Crippen molar-refractivity contribution in [3.05, 3.63) is 0 Å². The van der Waals surface area contributed by atoms with E-state index in [-0.39, 0.29) is 24.7 Å². The Kier molecular flexibility index (Phi) is 7.02. The number of hydrogen-bond donors (Lipinski definition) is 3. The minimum absolute atomic E-state index is 0.0300. The summed E-state index contributed by atoms with van der Waals surface area (Å²) in [5, 5.41) is 2.66. The first-order valence-electron chi connectivity index (χ1n) is 7.53. The van der Waals surface area contributed by atoms with Crippen molar-refractivity contribution in [3.63, 3.8) is 0 Å². The quantitative estimate of drug-likeness (QED) is 0.238. The van der Waals surface area contributed by atoms with Crippen LogP contribution >= 0.6 is 0 Å². The van der Waals surface area contributed by atoms with E-state index in [1.807, 2.05) is 0 Å². The van der Waals surface area contributed by atoms with Crippen LogP contribution in [0.25, 0.3) is 0 Å². The lowest BCUT2D eigenvalue weighted by Gasteiger charge is -2.45. The first-order chi connectivity index (χ1) is 11.4. The second-order valence-electron chi connectivity index (χ2n) is 6.02. The van der Waals surface area contributed by atoms with Gasteiger partial charge in [0.05, 0.1) is 0 Å². The maximum absolute atomic E-state index is 12.2. The Morgan fingerprint density at radius 2 is 2.04 bits per heavy atom. The monoisotopic (exact) mass is 381 g/mol. The van der Waals surface area contributed by atoms with Crippen molar-refractivity contribution in [2.24, 2.45) is 11.7 Å². The van der Waals surface area contributed by atoms with Gasteiger partial charge in [-0.05, 0) is 13.3 Å². The molecule has 1 saturated heterocycles. The molecule has 3 atom stereocenters. The van der Waals surface area contributed by atoms with E-state index in [0.717, 1.165) is 7.11 Å². The average molecular weight is 381 g/mol. The molecule has 1 heterocycles. The van der Waals surface area contributed by atoms with Gasteiger partial charge in [0.15, 0.2) is 0 Å². The van der Waals surface area contributed by atoms with Crippen molar-refractivity contribution in [3.8, 4) is 0 Å². The highest BCUT2D eigenvalue weighted by Gasteiger charge is 2.57. The molecule has 4 N–H and O–H groups in total. The number of carbonyl (C=O) groups excluding carboxylic acids is 3. The third-order valence-electron chi connectivity index (χ3n) is 3.66. The lowest BCUT2D eigenvalue weighted by atomic mass is 9.98. The predicted octanol–water partition coefficient (Wildman–Crippen LogP) is -1.26. The lowest BCUT2D eigenvalue weighted by molar-refractivity contribution is -0.234. The van der Waals surface area contributed by atoms with Crippen LogP contribution in [0.5, 0.6) is 0 Å². The smallest absolute Gasteiger partial charge is 0.349 e. The highest BCUT2D eigenvalue weighted by atomic mass is 32.3. The van der Waals surface area contributed by atoms with E-state index in [2.05, 4.69) is 9.60 Å². The van der Waals surface area contributed by atoms with Crippen LogP contribution in [0.1, 0.15) is 33.1 Å². The van der Waals surface area contributed by atoms with Gasteiger partial charge in [0.25, 0.3) is 0 Å². The minimum Gasteiger partial charge on any atom is -0.349 e.